The third kappa shape index (κ3) is 4.28. The quantitative estimate of drug-likeness (QED) is 0.407. The molecule has 0 aromatic carbocycles. The molecule has 2 fully saturated rings. The van der Waals surface area contributed by atoms with E-state index in [-0.39, 0.29) is 24.8 Å². The van der Waals surface area contributed by atoms with Crippen molar-refractivity contribution in [3.05, 3.63) is 12.2 Å². The number of ether oxygens (including phenoxy) is 2. The van der Waals surface area contributed by atoms with Crippen LogP contribution in [0.1, 0.15) is 32.1 Å². The Balaban J connectivity index is 1.97. The molecule has 0 spiro atoms. The van der Waals surface area contributed by atoms with Gasteiger partial charge in [0.15, 0.2) is 0 Å². The molecule has 2 aliphatic rings. The molecule has 5 nitrogen and oxygen atoms in total. The Hall–Kier alpha value is -1.78. The molecule has 160 valence electrons. The maximum Gasteiger partial charge on any atom is 0.426 e. The summed E-state index contributed by atoms with van der Waals surface area (Å²) < 4.78 is 86.9. The van der Waals surface area contributed by atoms with E-state index >= 15 is 0 Å². The van der Waals surface area contributed by atoms with Crippen LogP contribution < -0.4 is 0 Å². The second kappa shape index (κ2) is 7.57. The van der Waals surface area contributed by atoms with Crippen molar-refractivity contribution in [2.45, 2.75) is 56.2 Å². The van der Waals surface area contributed by atoms with E-state index in [2.05, 4.69) is 11.3 Å². The van der Waals surface area contributed by atoms with Gasteiger partial charge in [-0.2, -0.15) is 26.3 Å². The van der Waals surface area contributed by atoms with Gasteiger partial charge in [-0.05, 0) is 43.4 Å². The third-order valence-corrected chi connectivity index (χ3v) is 5.57. The predicted octanol–water partition coefficient (Wildman–Crippen LogP) is 3.31. The van der Waals surface area contributed by atoms with Gasteiger partial charge in [0.25, 0.3) is 5.60 Å². The highest BCUT2D eigenvalue weighted by atomic mass is 19.4. The topological polar surface area (TPSA) is 72.8 Å². The van der Waals surface area contributed by atoms with Crippen LogP contribution in [0.4, 0.5) is 26.3 Å². The van der Waals surface area contributed by atoms with Crippen molar-refractivity contribution in [3.63, 3.8) is 0 Å². The predicted molar refractivity (Wildman–Crippen MR) is 81.7 cm³/mol. The smallest absolute Gasteiger partial charge is 0.426 e. The van der Waals surface area contributed by atoms with Gasteiger partial charge in [0.1, 0.15) is 6.10 Å². The fourth-order valence-corrected chi connectivity index (χ4v) is 4.05. The number of halogens is 6. The zero-order valence-electron chi connectivity index (χ0n) is 14.9. The van der Waals surface area contributed by atoms with Crippen molar-refractivity contribution in [3.8, 4) is 0 Å². The molecule has 4 unspecified atom stereocenters. The van der Waals surface area contributed by atoms with E-state index in [0.717, 1.165) is 7.11 Å². The lowest BCUT2D eigenvalue weighted by Gasteiger charge is -2.37. The zero-order chi connectivity index (χ0) is 21.5. The molecule has 1 N–H and O–H groups in total. The summed E-state index contributed by atoms with van der Waals surface area (Å²) >= 11 is 0. The summed E-state index contributed by atoms with van der Waals surface area (Å²) in [4.78, 5) is 23.1. The normalized spacial score (nSPS) is 27.6. The first-order valence-electron chi connectivity index (χ1n) is 8.51. The molecular weight excluding hydrogens is 398 g/mol. The van der Waals surface area contributed by atoms with Crippen LogP contribution in [0.3, 0.4) is 0 Å². The van der Waals surface area contributed by atoms with Gasteiger partial charge in [-0.3, -0.25) is 4.79 Å². The van der Waals surface area contributed by atoms with Crippen molar-refractivity contribution in [1.82, 2.24) is 0 Å². The van der Waals surface area contributed by atoms with Gasteiger partial charge in [0, 0.05) is 5.57 Å². The Kier molecular flexibility index (Phi) is 6.08. The van der Waals surface area contributed by atoms with Crippen LogP contribution in [0.25, 0.3) is 0 Å². The first-order chi connectivity index (χ1) is 12.7. The Morgan fingerprint density at radius 1 is 1.04 bits per heavy atom. The molecule has 0 radical (unpaired) electrons. The minimum atomic E-state index is -5.84. The van der Waals surface area contributed by atoms with Crippen LogP contribution in [-0.4, -0.2) is 48.2 Å². The highest BCUT2D eigenvalue weighted by molar-refractivity contribution is 5.93. The molecule has 11 heteroatoms. The lowest BCUT2D eigenvalue weighted by Crippen LogP contribution is -2.58. The van der Waals surface area contributed by atoms with E-state index in [0.29, 0.717) is 6.42 Å². The van der Waals surface area contributed by atoms with E-state index in [1.165, 1.54) is 0 Å². The van der Waals surface area contributed by atoms with Crippen molar-refractivity contribution >= 4 is 11.9 Å². The maximum absolute atomic E-state index is 12.9. The summed E-state index contributed by atoms with van der Waals surface area (Å²) in [6, 6.07) is 0. The number of aliphatic hydroxyl groups is 1. The van der Waals surface area contributed by atoms with Crippen LogP contribution in [0.15, 0.2) is 12.2 Å². The molecular formula is C17H20F6O5. The zero-order valence-corrected chi connectivity index (χ0v) is 14.9. The number of fused-ring (bicyclic) bond motifs is 2. The summed E-state index contributed by atoms with van der Waals surface area (Å²) in [5, 5.41) is 9.37. The number of esters is 2. The summed E-state index contributed by atoms with van der Waals surface area (Å²) in [7, 11) is 1.13. The summed E-state index contributed by atoms with van der Waals surface area (Å²) in [6.45, 7) is 3.41. The number of alkyl halides is 6. The second-order valence-corrected chi connectivity index (χ2v) is 7.35. The number of carbonyl (C=O) groups excluding carboxylic acids is 2. The number of hydrogen-bond acceptors (Lipinski definition) is 5. The molecule has 0 aromatic heterocycles. The minimum absolute atomic E-state index is 0.0272. The molecule has 0 amide bonds. The van der Waals surface area contributed by atoms with Crippen LogP contribution in [-0.2, 0) is 19.1 Å². The van der Waals surface area contributed by atoms with Crippen molar-refractivity contribution in [2.75, 3.05) is 7.11 Å². The minimum Gasteiger partial charge on any atom is -0.469 e. The van der Waals surface area contributed by atoms with Gasteiger partial charge >= 0.3 is 24.3 Å². The van der Waals surface area contributed by atoms with E-state index < -0.39 is 60.2 Å². The van der Waals surface area contributed by atoms with Gasteiger partial charge in [0.2, 0.25) is 0 Å². The van der Waals surface area contributed by atoms with Gasteiger partial charge < -0.3 is 14.6 Å². The molecule has 2 rings (SSSR count). The number of methoxy groups -OCH3 is 1. The van der Waals surface area contributed by atoms with Crippen LogP contribution in [0.5, 0.6) is 0 Å². The number of hydrogen-bond donors (Lipinski definition) is 1. The van der Waals surface area contributed by atoms with Crippen LogP contribution >= 0.6 is 0 Å². The monoisotopic (exact) mass is 418 g/mol. The van der Waals surface area contributed by atoms with E-state index in [9.17, 15) is 41.0 Å². The highest BCUT2D eigenvalue weighted by Gasteiger charge is 2.71. The van der Waals surface area contributed by atoms with Crippen molar-refractivity contribution in [1.29, 1.82) is 0 Å². The molecule has 28 heavy (non-hydrogen) atoms. The Morgan fingerprint density at radius 3 is 2.04 bits per heavy atom. The fourth-order valence-electron chi connectivity index (χ4n) is 4.05. The first kappa shape index (κ1) is 22.5. The van der Waals surface area contributed by atoms with E-state index in [1.807, 2.05) is 0 Å². The number of rotatable bonds is 6. The molecule has 2 bridgehead atoms. The van der Waals surface area contributed by atoms with Gasteiger partial charge in [0.05, 0.1) is 13.5 Å². The maximum atomic E-state index is 12.9. The van der Waals surface area contributed by atoms with Gasteiger partial charge in [-0.15, -0.1) is 0 Å². The summed E-state index contributed by atoms with van der Waals surface area (Å²) in [5.74, 6) is -3.50. The van der Waals surface area contributed by atoms with Gasteiger partial charge in [-0.1, -0.05) is 6.58 Å². The Bertz CT molecular complexity index is 627. The second-order valence-electron chi connectivity index (χ2n) is 7.35. The van der Waals surface area contributed by atoms with Crippen molar-refractivity contribution in [2.24, 2.45) is 17.8 Å². The lowest BCUT2D eigenvalue weighted by molar-refractivity contribution is -0.373. The average Bonchev–Trinajstić information content (AvgIpc) is 3.12. The molecule has 0 aromatic rings. The molecule has 4 atom stereocenters. The largest absolute Gasteiger partial charge is 0.469 e. The molecule has 0 aliphatic heterocycles. The molecule has 0 saturated heterocycles. The highest BCUT2D eigenvalue weighted by Crippen LogP contribution is 2.56. The molecule has 2 aliphatic carbocycles. The fraction of sp³-hybridized carbons (Fsp3) is 0.765. The summed E-state index contributed by atoms with van der Waals surface area (Å²) in [5.41, 5.74) is -4.93. The van der Waals surface area contributed by atoms with E-state index in [4.69, 9.17) is 4.74 Å². The van der Waals surface area contributed by atoms with E-state index in [1.54, 1.807) is 0 Å². The van der Waals surface area contributed by atoms with Gasteiger partial charge in [-0.25, -0.2) is 4.79 Å². The average molecular weight is 418 g/mol. The van der Waals surface area contributed by atoms with Crippen molar-refractivity contribution < 1.29 is 50.5 Å². The van der Waals surface area contributed by atoms with Crippen LogP contribution in [0, 0.1) is 17.8 Å². The molecule has 0 heterocycles. The first-order valence-corrected chi connectivity index (χ1v) is 8.51. The summed E-state index contributed by atoms with van der Waals surface area (Å²) in [6.07, 6.45) is -13.8. The Labute approximate surface area is 156 Å². The Morgan fingerprint density at radius 2 is 1.61 bits per heavy atom. The standard InChI is InChI=1S/C17H20F6O5/c1-8(3-13(24)27-2)14(25)28-12-6-9-4-10(12)5-11(9)7-15(26,16(18,19)20)17(21,22)23/h9-12,26H,1,3-7H2,2H3. The number of carbonyl (C=O) groups is 2. The SMILES string of the molecule is C=C(CC(=O)OC)C(=O)OC1CC2CC1CC2CC(O)(C(F)(F)F)C(F)(F)F. The molecule has 2 saturated carbocycles. The lowest BCUT2D eigenvalue weighted by atomic mass is 9.79. The van der Waals surface area contributed by atoms with Crippen LogP contribution in [0.2, 0.25) is 0 Å². The third-order valence-electron chi connectivity index (χ3n) is 5.57.